The van der Waals surface area contributed by atoms with Gasteiger partial charge in [0.1, 0.15) is 24.0 Å². The second kappa shape index (κ2) is 12.2. The summed E-state index contributed by atoms with van der Waals surface area (Å²) >= 11 is 0. The highest BCUT2D eigenvalue weighted by Crippen LogP contribution is 2.30. The maximum Gasteiger partial charge on any atom is 0.410 e. The number of amides is 5. The smallest absolute Gasteiger partial charge is 0.410 e. The molecule has 12 heteroatoms. The summed E-state index contributed by atoms with van der Waals surface area (Å²) in [6.07, 6.45) is -0.251. The van der Waals surface area contributed by atoms with Gasteiger partial charge >= 0.3 is 6.09 Å². The number of piperidine rings is 1. The number of nitrogens with one attached hydrogen (secondary N) is 1. The number of likely N-dealkylation sites (N-methyl/N-ethyl adjacent to an activating group) is 1. The van der Waals surface area contributed by atoms with Gasteiger partial charge in [0.05, 0.1) is 37.6 Å². The highest BCUT2D eigenvalue weighted by Gasteiger charge is 2.44. The second-order valence-electron chi connectivity index (χ2n) is 9.63. The van der Waals surface area contributed by atoms with Gasteiger partial charge in [-0.2, -0.15) is 0 Å². The van der Waals surface area contributed by atoms with Crippen LogP contribution in [0.3, 0.4) is 0 Å². The maximum absolute atomic E-state index is 12.8. The van der Waals surface area contributed by atoms with Crippen molar-refractivity contribution in [1.29, 1.82) is 0 Å². The molecule has 1 unspecified atom stereocenters. The van der Waals surface area contributed by atoms with E-state index in [9.17, 15) is 24.0 Å². The van der Waals surface area contributed by atoms with Crippen LogP contribution < -0.4 is 10.1 Å². The summed E-state index contributed by atoms with van der Waals surface area (Å²) in [5.74, 6) is -1.85. The third-order valence-corrected chi connectivity index (χ3v) is 5.56. The Morgan fingerprint density at radius 3 is 2.32 bits per heavy atom. The van der Waals surface area contributed by atoms with Crippen molar-refractivity contribution in [3.8, 4) is 5.75 Å². The number of hydrogen-bond acceptors (Lipinski definition) is 9. The number of carbonyl (C=O) groups excluding carboxylic acids is 5. The zero-order valence-electron chi connectivity index (χ0n) is 21.5. The Kier molecular flexibility index (Phi) is 9.22. The van der Waals surface area contributed by atoms with Gasteiger partial charge in [-0.15, -0.1) is 0 Å². The molecule has 1 atom stereocenters. The minimum absolute atomic E-state index is 0.0618. The first-order valence-corrected chi connectivity index (χ1v) is 12.1. The third kappa shape index (κ3) is 7.49. The van der Waals surface area contributed by atoms with E-state index in [0.717, 1.165) is 4.90 Å². The molecule has 0 aromatic heterocycles. The molecule has 202 valence electrons. The molecule has 0 spiro atoms. The van der Waals surface area contributed by atoms with Crippen molar-refractivity contribution in [1.82, 2.24) is 15.1 Å². The molecule has 2 aliphatic heterocycles. The van der Waals surface area contributed by atoms with Crippen LogP contribution in [0.15, 0.2) is 18.2 Å². The van der Waals surface area contributed by atoms with Crippen molar-refractivity contribution in [2.45, 2.75) is 45.3 Å². The quantitative estimate of drug-likeness (QED) is 0.339. The molecule has 2 heterocycles. The summed E-state index contributed by atoms with van der Waals surface area (Å²) in [5, 5.41) is 2.17. The maximum atomic E-state index is 12.8. The summed E-state index contributed by atoms with van der Waals surface area (Å²) in [6.45, 7) is 7.29. The number of carbonyl (C=O) groups is 5. The Morgan fingerprint density at radius 1 is 1.00 bits per heavy atom. The lowest BCUT2D eigenvalue weighted by Crippen LogP contribution is -2.54. The summed E-state index contributed by atoms with van der Waals surface area (Å²) in [4.78, 5) is 63.3. The highest BCUT2D eigenvalue weighted by atomic mass is 16.6. The summed E-state index contributed by atoms with van der Waals surface area (Å²) < 4.78 is 21.8. The molecule has 1 aromatic rings. The van der Waals surface area contributed by atoms with Crippen LogP contribution in [0, 0.1) is 0 Å². The first-order chi connectivity index (χ1) is 17.5. The molecule has 3 rings (SSSR count). The van der Waals surface area contributed by atoms with Gasteiger partial charge in [0.2, 0.25) is 11.8 Å². The molecule has 1 N–H and O–H groups in total. The predicted octanol–water partition coefficient (Wildman–Crippen LogP) is 1.37. The summed E-state index contributed by atoms with van der Waals surface area (Å²) in [7, 11) is 1.64. The van der Waals surface area contributed by atoms with Gasteiger partial charge in [-0.3, -0.25) is 29.4 Å². The molecular formula is C25H33N3O9. The fourth-order valence-electron chi connectivity index (χ4n) is 3.71. The van der Waals surface area contributed by atoms with Crippen molar-refractivity contribution >= 4 is 29.7 Å². The van der Waals surface area contributed by atoms with Crippen LogP contribution >= 0.6 is 0 Å². The topological polar surface area (TPSA) is 141 Å². The number of nitrogens with zero attached hydrogens (tertiary/aromatic N) is 2. The van der Waals surface area contributed by atoms with Crippen molar-refractivity contribution in [3.05, 3.63) is 29.3 Å². The summed E-state index contributed by atoms with van der Waals surface area (Å²) in [6, 6.07) is 3.51. The first-order valence-electron chi connectivity index (χ1n) is 12.1. The van der Waals surface area contributed by atoms with Crippen LogP contribution in [0.25, 0.3) is 0 Å². The van der Waals surface area contributed by atoms with Crippen LogP contribution in [0.4, 0.5) is 4.79 Å². The average Bonchev–Trinajstić information content (AvgIpc) is 3.06. The number of fused-ring (bicyclic) bond motifs is 1. The first kappa shape index (κ1) is 28.1. The van der Waals surface area contributed by atoms with E-state index >= 15 is 0 Å². The minimum atomic E-state index is -1.01. The second-order valence-corrected chi connectivity index (χ2v) is 9.63. The number of benzene rings is 1. The fraction of sp³-hybridized carbons (Fsp3) is 0.560. The Hall–Kier alpha value is -3.51. The minimum Gasteiger partial charge on any atom is -0.491 e. The lowest BCUT2D eigenvalue weighted by Gasteiger charge is -2.27. The zero-order valence-corrected chi connectivity index (χ0v) is 21.5. The van der Waals surface area contributed by atoms with Crippen molar-refractivity contribution in [2.75, 3.05) is 46.6 Å². The van der Waals surface area contributed by atoms with E-state index in [2.05, 4.69) is 5.32 Å². The molecule has 0 aliphatic carbocycles. The van der Waals surface area contributed by atoms with Gasteiger partial charge in [0, 0.05) is 20.0 Å². The third-order valence-electron chi connectivity index (χ3n) is 5.56. The van der Waals surface area contributed by atoms with Crippen molar-refractivity contribution in [3.63, 3.8) is 0 Å². The fourth-order valence-corrected chi connectivity index (χ4v) is 3.71. The van der Waals surface area contributed by atoms with Crippen LogP contribution in [-0.4, -0.2) is 97.8 Å². The molecule has 0 bridgehead atoms. The molecule has 37 heavy (non-hydrogen) atoms. The van der Waals surface area contributed by atoms with Crippen LogP contribution in [-0.2, 0) is 23.8 Å². The van der Waals surface area contributed by atoms with Crippen LogP contribution in [0.5, 0.6) is 5.75 Å². The lowest BCUT2D eigenvalue weighted by molar-refractivity contribution is -0.136. The number of hydrogen-bond donors (Lipinski definition) is 1. The van der Waals surface area contributed by atoms with Gasteiger partial charge in [0.15, 0.2) is 0 Å². The number of imide groups is 2. The Morgan fingerprint density at radius 2 is 1.65 bits per heavy atom. The van der Waals surface area contributed by atoms with Crippen molar-refractivity contribution in [2.24, 2.45) is 0 Å². The molecular weight excluding hydrogens is 486 g/mol. The Balaban J connectivity index is 1.35. The van der Waals surface area contributed by atoms with Crippen molar-refractivity contribution < 1.29 is 42.9 Å². The molecule has 1 fully saturated rings. The predicted molar refractivity (Wildman–Crippen MR) is 129 cm³/mol. The Bertz CT molecular complexity index is 1050. The summed E-state index contributed by atoms with van der Waals surface area (Å²) in [5.41, 5.74) is -0.212. The molecule has 2 aliphatic rings. The largest absolute Gasteiger partial charge is 0.491 e. The van der Waals surface area contributed by atoms with Gasteiger partial charge in [-0.05, 0) is 45.4 Å². The van der Waals surface area contributed by atoms with Crippen LogP contribution in [0.1, 0.15) is 54.3 Å². The van der Waals surface area contributed by atoms with Gasteiger partial charge in [0.25, 0.3) is 11.8 Å². The van der Waals surface area contributed by atoms with E-state index in [0.29, 0.717) is 32.1 Å². The SMILES string of the molecule is CN(CCOCCOCCOc1ccc2c(c1)C(=O)N(C1CCC(=O)NC1=O)C2=O)C(=O)OC(C)(C)C. The molecule has 0 saturated carbocycles. The monoisotopic (exact) mass is 519 g/mol. The van der Waals surface area contributed by atoms with E-state index in [1.54, 1.807) is 33.9 Å². The highest BCUT2D eigenvalue weighted by molar-refractivity contribution is 6.23. The van der Waals surface area contributed by atoms with E-state index in [-0.39, 0.29) is 37.2 Å². The average molecular weight is 520 g/mol. The van der Waals surface area contributed by atoms with Crippen LogP contribution in [0.2, 0.25) is 0 Å². The van der Waals surface area contributed by atoms with Gasteiger partial charge < -0.3 is 23.8 Å². The number of ether oxygens (including phenoxy) is 4. The van der Waals surface area contributed by atoms with Gasteiger partial charge in [-0.25, -0.2) is 4.79 Å². The molecule has 1 saturated heterocycles. The lowest BCUT2D eigenvalue weighted by atomic mass is 10.0. The number of rotatable bonds is 11. The van der Waals surface area contributed by atoms with Gasteiger partial charge in [-0.1, -0.05) is 0 Å². The molecule has 5 amide bonds. The van der Waals surface area contributed by atoms with E-state index < -0.39 is 41.4 Å². The van der Waals surface area contributed by atoms with E-state index in [1.165, 1.54) is 17.0 Å². The Labute approximate surface area is 215 Å². The molecule has 1 aromatic carbocycles. The normalized spacial score (nSPS) is 17.5. The van der Waals surface area contributed by atoms with E-state index in [4.69, 9.17) is 18.9 Å². The zero-order chi connectivity index (χ0) is 27.2. The molecule has 12 nitrogen and oxygen atoms in total. The standard InChI is InChI=1S/C25H33N3O9/c1-25(2,3)37-24(33)27(4)9-10-34-11-12-35-13-14-36-16-5-6-17-18(15-16)23(32)28(22(17)31)19-7-8-20(29)26-21(19)30/h5-6,15,19H,7-14H2,1-4H3,(H,26,29,30). The van der Waals surface area contributed by atoms with E-state index in [1.807, 2.05) is 0 Å². The molecule has 0 radical (unpaired) electrons.